The Balaban J connectivity index is 2.29. The molecule has 0 aromatic rings. The molecule has 0 saturated heterocycles. The molecule has 0 bridgehead atoms. The highest BCUT2D eigenvalue weighted by Gasteiger charge is 2.05. The molecule has 0 radical (unpaired) electrons. The molecule has 0 aliphatic carbocycles. The third-order valence-corrected chi connectivity index (χ3v) is 2.26. The van der Waals surface area contributed by atoms with E-state index in [2.05, 4.69) is 31.0 Å². The van der Waals surface area contributed by atoms with E-state index in [4.69, 9.17) is 0 Å². The van der Waals surface area contributed by atoms with Crippen LogP contribution in [-0.4, -0.2) is 12.3 Å². The van der Waals surface area contributed by atoms with Crippen molar-refractivity contribution in [3.8, 4) is 0 Å². The number of aliphatic imine (C=N–C) groups is 1. The third-order valence-electron chi connectivity index (χ3n) is 2.26. The second-order valence-electron chi connectivity index (χ2n) is 3.66. The highest BCUT2D eigenvalue weighted by atomic mass is 14.7. The largest absolute Gasteiger partial charge is 0.289 e. The molecule has 1 heterocycles. The average Bonchev–Trinajstić information content (AvgIpc) is 2.06. The molecular weight excluding hydrogens is 146 g/mol. The molecular formula is C11H19N. The molecule has 0 N–H and O–H groups in total. The SMILES string of the molecule is CCCC(C)CC1=NCCC=C1. The van der Waals surface area contributed by atoms with Crippen molar-refractivity contribution in [2.75, 3.05) is 6.54 Å². The summed E-state index contributed by atoms with van der Waals surface area (Å²) in [5.41, 5.74) is 1.31. The van der Waals surface area contributed by atoms with Gasteiger partial charge in [0, 0.05) is 12.3 Å². The first-order valence-corrected chi connectivity index (χ1v) is 5.02. The number of allylic oxidation sites excluding steroid dienone is 1. The maximum absolute atomic E-state index is 4.48. The zero-order valence-electron chi connectivity index (χ0n) is 8.21. The fourth-order valence-electron chi connectivity index (χ4n) is 1.64. The first kappa shape index (κ1) is 9.50. The Morgan fingerprint density at radius 1 is 1.58 bits per heavy atom. The van der Waals surface area contributed by atoms with Crippen LogP contribution in [0, 0.1) is 5.92 Å². The Kier molecular flexibility index (Phi) is 4.06. The summed E-state index contributed by atoms with van der Waals surface area (Å²) in [6.45, 7) is 5.56. The van der Waals surface area contributed by atoms with Crippen LogP contribution in [0.2, 0.25) is 0 Å². The second kappa shape index (κ2) is 5.13. The smallest absolute Gasteiger partial charge is 0.0427 e. The summed E-state index contributed by atoms with van der Waals surface area (Å²) in [6, 6.07) is 0. The van der Waals surface area contributed by atoms with E-state index in [1.807, 2.05) is 0 Å². The topological polar surface area (TPSA) is 12.4 Å². The summed E-state index contributed by atoms with van der Waals surface area (Å²) < 4.78 is 0. The Morgan fingerprint density at radius 2 is 2.42 bits per heavy atom. The molecule has 0 fully saturated rings. The summed E-state index contributed by atoms with van der Waals surface area (Å²) in [6.07, 6.45) is 9.34. The normalized spacial score (nSPS) is 19.0. The van der Waals surface area contributed by atoms with E-state index in [9.17, 15) is 0 Å². The van der Waals surface area contributed by atoms with Gasteiger partial charge in [-0.05, 0) is 24.8 Å². The van der Waals surface area contributed by atoms with Crippen LogP contribution in [0.25, 0.3) is 0 Å². The molecule has 0 spiro atoms. The molecule has 1 aliphatic rings. The third kappa shape index (κ3) is 3.21. The molecule has 0 aromatic heterocycles. The molecule has 0 amide bonds. The van der Waals surface area contributed by atoms with Crippen molar-refractivity contribution >= 4 is 5.71 Å². The molecule has 12 heavy (non-hydrogen) atoms. The Morgan fingerprint density at radius 3 is 3.00 bits per heavy atom. The number of rotatable bonds is 4. The maximum atomic E-state index is 4.48. The van der Waals surface area contributed by atoms with Gasteiger partial charge >= 0.3 is 0 Å². The highest BCUT2D eigenvalue weighted by molar-refractivity contribution is 5.95. The number of hydrogen-bond donors (Lipinski definition) is 0. The van der Waals surface area contributed by atoms with Gasteiger partial charge in [-0.3, -0.25) is 4.99 Å². The van der Waals surface area contributed by atoms with E-state index in [-0.39, 0.29) is 0 Å². The molecule has 1 rings (SSSR count). The van der Waals surface area contributed by atoms with Crippen molar-refractivity contribution in [1.82, 2.24) is 0 Å². The second-order valence-corrected chi connectivity index (χ2v) is 3.66. The van der Waals surface area contributed by atoms with Crippen LogP contribution in [-0.2, 0) is 0 Å². The average molecular weight is 165 g/mol. The van der Waals surface area contributed by atoms with Gasteiger partial charge in [-0.25, -0.2) is 0 Å². The van der Waals surface area contributed by atoms with Crippen LogP contribution in [0.3, 0.4) is 0 Å². The van der Waals surface area contributed by atoms with Gasteiger partial charge in [-0.15, -0.1) is 0 Å². The van der Waals surface area contributed by atoms with Gasteiger partial charge < -0.3 is 0 Å². The molecule has 0 saturated carbocycles. The molecule has 1 unspecified atom stereocenters. The molecule has 1 heteroatoms. The molecule has 0 aromatic carbocycles. The minimum absolute atomic E-state index is 0.802. The van der Waals surface area contributed by atoms with Gasteiger partial charge in [0.25, 0.3) is 0 Å². The molecule has 1 nitrogen and oxygen atoms in total. The Hall–Kier alpha value is -0.590. The van der Waals surface area contributed by atoms with Crippen LogP contribution in [0.4, 0.5) is 0 Å². The van der Waals surface area contributed by atoms with E-state index >= 15 is 0 Å². The number of dihydropyridines is 1. The lowest BCUT2D eigenvalue weighted by Gasteiger charge is -2.11. The Bertz CT molecular complexity index is 179. The van der Waals surface area contributed by atoms with Crippen molar-refractivity contribution in [2.24, 2.45) is 10.9 Å². The van der Waals surface area contributed by atoms with Crippen LogP contribution < -0.4 is 0 Å². The highest BCUT2D eigenvalue weighted by Crippen LogP contribution is 2.13. The quantitative estimate of drug-likeness (QED) is 0.606. The summed E-state index contributed by atoms with van der Waals surface area (Å²) in [4.78, 5) is 4.48. The van der Waals surface area contributed by atoms with Crippen molar-refractivity contribution in [1.29, 1.82) is 0 Å². The van der Waals surface area contributed by atoms with Crippen molar-refractivity contribution in [2.45, 2.75) is 39.5 Å². The first-order chi connectivity index (χ1) is 5.83. The van der Waals surface area contributed by atoms with Crippen molar-refractivity contribution in [3.63, 3.8) is 0 Å². The predicted octanol–water partition coefficient (Wildman–Crippen LogP) is 3.21. The fourth-order valence-corrected chi connectivity index (χ4v) is 1.64. The minimum atomic E-state index is 0.802. The minimum Gasteiger partial charge on any atom is -0.289 e. The Labute approximate surface area is 75.6 Å². The molecule has 68 valence electrons. The number of hydrogen-bond acceptors (Lipinski definition) is 1. The van der Waals surface area contributed by atoms with E-state index in [1.165, 1.54) is 25.0 Å². The van der Waals surface area contributed by atoms with Crippen LogP contribution in [0.1, 0.15) is 39.5 Å². The zero-order valence-corrected chi connectivity index (χ0v) is 8.21. The van der Waals surface area contributed by atoms with Crippen molar-refractivity contribution < 1.29 is 0 Å². The van der Waals surface area contributed by atoms with Gasteiger partial charge in [0.05, 0.1) is 0 Å². The first-order valence-electron chi connectivity index (χ1n) is 5.02. The summed E-state index contributed by atoms with van der Waals surface area (Å²) >= 11 is 0. The zero-order chi connectivity index (χ0) is 8.81. The lowest BCUT2D eigenvalue weighted by atomic mass is 9.98. The monoisotopic (exact) mass is 165 g/mol. The van der Waals surface area contributed by atoms with E-state index in [1.54, 1.807) is 0 Å². The fraction of sp³-hybridized carbons (Fsp3) is 0.727. The van der Waals surface area contributed by atoms with Gasteiger partial charge in [-0.2, -0.15) is 0 Å². The number of nitrogens with zero attached hydrogens (tertiary/aromatic N) is 1. The summed E-state index contributed by atoms with van der Waals surface area (Å²) in [7, 11) is 0. The maximum Gasteiger partial charge on any atom is 0.0427 e. The van der Waals surface area contributed by atoms with Gasteiger partial charge in [0.15, 0.2) is 0 Å². The van der Waals surface area contributed by atoms with Crippen molar-refractivity contribution in [3.05, 3.63) is 12.2 Å². The molecule has 1 aliphatic heterocycles. The van der Waals surface area contributed by atoms with Gasteiger partial charge in [-0.1, -0.05) is 32.8 Å². The van der Waals surface area contributed by atoms with Crippen LogP contribution >= 0.6 is 0 Å². The van der Waals surface area contributed by atoms with E-state index < -0.39 is 0 Å². The lowest BCUT2D eigenvalue weighted by Crippen LogP contribution is -2.06. The van der Waals surface area contributed by atoms with Gasteiger partial charge in [0.2, 0.25) is 0 Å². The lowest BCUT2D eigenvalue weighted by molar-refractivity contribution is 0.544. The summed E-state index contributed by atoms with van der Waals surface area (Å²) in [5, 5.41) is 0. The van der Waals surface area contributed by atoms with Crippen LogP contribution in [0.5, 0.6) is 0 Å². The van der Waals surface area contributed by atoms with E-state index in [0.29, 0.717) is 0 Å². The summed E-state index contributed by atoms with van der Waals surface area (Å²) in [5.74, 6) is 0.802. The predicted molar refractivity (Wildman–Crippen MR) is 54.7 cm³/mol. The molecule has 1 atom stereocenters. The van der Waals surface area contributed by atoms with Crippen LogP contribution in [0.15, 0.2) is 17.1 Å². The van der Waals surface area contributed by atoms with E-state index in [0.717, 1.165) is 18.9 Å². The van der Waals surface area contributed by atoms with Gasteiger partial charge in [0.1, 0.15) is 0 Å². The standard InChI is InChI=1S/C11H19N/c1-3-6-10(2)9-11-7-4-5-8-12-11/h4,7,10H,3,5-6,8-9H2,1-2H3.